The van der Waals surface area contributed by atoms with Crippen LogP contribution in [0, 0.1) is 49.4 Å². The van der Waals surface area contributed by atoms with E-state index in [2.05, 4.69) is 0 Å². The molecule has 0 aliphatic carbocycles. The average Bonchev–Trinajstić information content (AvgIpc) is 2.39. The molecule has 1 aliphatic rings. The van der Waals surface area contributed by atoms with Crippen molar-refractivity contribution in [2.45, 2.75) is 0 Å². The molecule has 0 unspecified atom stereocenters. The molecule has 0 spiro atoms. The number of hydrogen-bond acceptors (Lipinski definition) is 6. The van der Waals surface area contributed by atoms with Crippen molar-refractivity contribution in [2.24, 2.45) is 0 Å². The molecule has 1 fully saturated rings. The van der Waals surface area contributed by atoms with Crippen LogP contribution in [0.2, 0.25) is 0 Å². The average molecular weight is 576 g/mol. The second-order valence-corrected chi connectivity index (χ2v) is 3.67. The van der Waals surface area contributed by atoms with Gasteiger partial charge in [0.2, 0.25) is 0 Å². The Kier molecular flexibility index (Phi) is 32.9. The van der Waals surface area contributed by atoms with Crippen LogP contribution in [0.3, 0.4) is 0 Å². The van der Waals surface area contributed by atoms with E-state index in [1.54, 1.807) is 0 Å². The Hall–Kier alpha value is 2.30. The van der Waals surface area contributed by atoms with Gasteiger partial charge in [-0.05, 0) is 0 Å². The molecule has 6 nitrogen and oxygen atoms in total. The standard InChI is InChI=1S/C12H24O6.2BrH.Eu/c1-2-14-5-6-16-9-10-18-12-11-17-8-7-15-4-3-13-1;;;/h1-12H2;2*1H;/q;;;+2/p-2. The van der Waals surface area contributed by atoms with E-state index in [4.69, 9.17) is 28.4 Å². The molecular weight excluding hydrogens is 552 g/mol. The second-order valence-electron chi connectivity index (χ2n) is 3.67. The summed E-state index contributed by atoms with van der Waals surface area (Å²) in [7, 11) is 0. The zero-order chi connectivity index (χ0) is 12.7. The summed E-state index contributed by atoms with van der Waals surface area (Å²) >= 11 is 0. The summed E-state index contributed by atoms with van der Waals surface area (Å²) < 4.78 is 32.0. The van der Waals surface area contributed by atoms with E-state index in [0.717, 1.165) is 0 Å². The first-order valence-corrected chi connectivity index (χ1v) is 6.46. The van der Waals surface area contributed by atoms with Crippen LogP contribution in [-0.2, 0) is 28.4 Å². The Balaban J connectivity index is -0.00000108. The van der Waals surface area contributed by atoms with Gasteiger partial charge >= 0.3 is 49.4 Å². The van der Waals surface area contributed by atoms with Gasteiger partial charge in [0, 0.05) is 0 Å². The quantitative estimate of drug-likeness (QED) is 0.287. The van der Waals surface area contributed by atoms with Gasteiger partial charge in [0.25, 0.3) is 0 Å². The van der Waals surface area contributed by atoms with Gasteiger partial charge in [0.1, 0.15) is 0 Å². The molecule has 21 heavy (non-hydrogen) atoms. The normalized spacial score (nSPS) is 20.6. The molecular formula is C12H24Br2EuO6. The fourth-order valence-electron chi connectivity index (χ4n) is 1.32. The molecule has 0 aromatic rings. The summed E-state index contributed by atoms with van der Waals surface area (Å²) in [5.74, 6) is 0. The van der Waals surface area contributed by atoms with E-state index < -0.39 is 0 Å². The van der Waals surface area contributed by atoms with Crippen molar-refractivity contribution >= 4 is 0 Å². The van der Waals surface area contributed by atoms with Crippen LogP contribution < -0.4 is 34.0 Å². The maximum absolute atomic E-state index is 5.33. The Labute approximate surface area is 188 Å². The molecule has 9 heteroatoms. The van der Waals surface area contributed by atoms with Crippen molar-refractivity contribution in [1.82, 2.24) is 0 Å². The summed E-state index contributed by atoms with van der Waals surface area (Å²) in [4.78, 5) is 0. The molecule has 1 saturated heterocycles. The minimum absolute atomic E-state index is 0. The maximum atomic E-state index is 5.33. The molecule has 1 aliphatic heterocycles. The summed E-state index contributed by atoms with van der Waals surface area (Å²) in [6.45, 7) is 7.04. The van der Waals surface area contributed by atoms with Crippen LogP contribution in [0.15, 0.2) is 0 Å². The van der Waals surface area contributed by atoms with Crippen LogP contribution in [-0.4, -0.2) is 79.3 Å². The molecule has 129 valence electrons. The number of halogens is 2. The molecule has 0 N–H and O–H groups in total. The monoisotopic (exact) mass is 575 g/mol. The van der Waals surface area contributed by atoms with E-state index >= 15 is 0 Å². The third-order valence-electron chi connectivity index (χ3n) is 2.23. The molecule has 0 bridgehead atoms. The first-order valence-electron chi connectivity index (χ1n) is 6.46. The van der Waals surface area contributed by atoms with Crippen LogP contribution in [0.5, 0.6) is 0 Å². The molecule has 0 saturated carbocycles. The van der Waals surface area contributed by atoms with Crippen molar-refractivity contribution in [3.8, 4) is 0 Å². The van der Waals surface area contributed by atoms with E-state index in [9.17, 15) is 0 Å². The third kappa shape index (κ3) is 22.3. The molecule has 0 aromatic heterocycles. The first-order chi connectivity index (χ1) is 9.00. The van der Waals surface area contributed by atoms with Crippen molar-refractivity contribution < 1.29 is 112 Å². The number of hydrogen-bond donors (Lipinski definition) is 0. The largest absolute Gasteiger partial charge is 2.00 e. The van der Waals surface area contributed by atoms with Gasteiger partial charge < -0.3 is 62.4 Å². The zero-order valence-corrected chi connectivity index (χ0v) is 17.7. The minimum Gasteiger partial charge on any atom is -1.00 e. The third-order valence-corrected chi connectivity index (χ3v) is 2.23. The van der Waals surface area contributed by atoms with Crippen LogP contribution in [0.25, 0.3) is 0 Å². The summed E-state index contributed by atoms with van der Waals surface area (Å²) in [5, 5.41) is 0. The second kappa shape index (κ2) is 24.6. The molecule has 0 atom stereocenters. The smallest absolute Gasteiger partial charge is 1.00 e. The van der Waals surface area contributed by atoms with Gasteiger partial charge in [-0.3, -0.25) is 0 Å². The topological polar surface area (TPSA) is 55.4 Å². The first kappa shape index (κ1) is 28.1. The SMILES string of the molecule is C1COCCOCCOCCOCCOCCO1.[Br-].[Br-].[Eu+2]. The predicted octanol–water partition coefficient (Wildman–Crippen LogP) is -5.89. The predicted molar refractivity (Wildman–Crippen MR) is 64.9 cm³/mol. The molecule has 1 rings (SSSR count). The van der Waals surface area contributed by atoms with Crippen molar-refractivity contribution in [3.63, 3.8) is 0 Å². The fraction of sp³-hybridized carbons (Fsp3) is 1.00. The fourth-order valence-corrected chi connectivity index (χ4v) is 1.32. The van der Waals surface area contributed by atoms with E-state index in [1.807, 2.05) is 0 Å². The van der Waals surface area contributed by atoms with Gasteiger partial charge in [-0.2, -0.15) is 0 Å². The summed E-state index contributed by atoms with van der Waals surface area (Å²) in [5.41, 5.74) is 0. The van der Waals surface area contributed by atoms with Crippen LogP contribution >= 0.6 is 0 Å². The van der Waals surface area contributed by atoms with Crippen LogP contribution in [0.1, 0.15) is 0 Å². The molecule has 1 heterocycles. The van der Waals surface area contributed by atoms with Gasteiger partial charge in [-0.1, -0.05) is 0 Å². The minimum atomic E-state index is 0. The van der Waals surface area contributed by atoms with Gasteiger partial charge in [-0.25, -0.2) is 0 Å². The zero-order valence-electron chi connectivity index (χ0n) is 12.1. The molecule has 0 aromatic carbocycles. The van der Waals surface area contributed by atoms with Gasteiger partial charge in [0.15, 0.2) is 0 Å². The Morgan fingerprint density at radius 1 is 0.286 bits per heavy atom. The van der Waals surface area contributed by atoms with Crippen molar-refractivity contribution in [3.05, 3.63) is 0 Å². The van der Waals surface area contributed by atoms with Crippen molar-refractivity contribution in [1.29, 1.82) is 0 Å². The summed E-state index contributed by atoms with van der Waals surface area (Å²) in [6, 6.07) is 0. The van der Waals surface area contributed by atoms with E-state index in [-0.39, 0.29) is 83.3 Å². The van der Waals surface area contributed by atoms with Gasteiger partial charge in [-0.15, -0.1) is 0 Å². The Morgan fingerprint density at radius 3 is 0.476 bits per heavy atom. The van der Waals surface area contributed by atoms with E-state index in [0.29, 0.717) is 79.3 Å². The van der Waals surface area contributed by atoms with Crippen LogP contribution in [0.4, 0.5) is 0 Å². The number of rotatable bonds is 0. The Bertz CT molecular complexity index is 107. The Morgan fingerprint density at radius 2 is 0.381 bits per heavy atom. The van der Waals surface area contributed by atoms with Gasteiger partial charge in [0.05, 0.1) is 79.3 Å². The van der Waals surface area contributed by atoms with Crippen molar-refractivity contribution in [2.75, 3.05) is 79.3 Å². The molecule has 0 amide bonds. The summed E-state index contributed by atoms with van der Waals surface area (Å²) in [6.07, 6.45) is 0. The van der Waals surface area contributed by atoms with E-state index in [1.165, 1.54) is 0 Å². The number of ether oxygens (including phenoxy) is 6. The molecule has 1 radical (unpaired) electrons. The maximum Gasteiger partial charge on any atom is 2.00 e.